The van der Waals surface area contributed by atoms with E-state index in [1.807, 2.05) is 0 Å². The number of nitrogens with zero attached hydrogens (tertiary/aromatic N) is 2. The zero-order chi connectivity index (χ0) is 20.3. The van der Waals surface area contributed by atoms with E-state index < -0.39 is 30.3 Å². The van der Waals surface area contributed by atoms with Crippen molar-refractivity contribution in [1.29, 1.82) is 0 Å². The van der Waals surface area contributed by atoms with Crippen molar-refractivity contribution in [2.75, 3.05) is 6.61 Å². The van der Waals surface area contributed by atoms with Gasteiger partial charge in [0.2, 0.25) is 0 Å². The van der Waals surface area contributed by atoms with Gasteiger partial charge in [-0.05, 0) is 50.2 Å². The van der Waals surface area contributed by atoms with Gasteiger partial charge in [-0.3, -0.25) is 4.79 Å². The van der Waals surface area contributed by atoms with Gasteiger partial charge in [-0.2, -0.15) is 18.3 Å². The van der Waals surface area contributed by atoms with E-state index in [9.17, 15) is 22.4 Å². The summed E-state index contributed by atoms with van der Waals surface area (Å²) >= 11 is 0. The van der Waals surface area contributed by atoms with Gasteiger partial charge in [0.1, 0.15) is 11.3 Å². The lowest BCUT2D eigenvalue weighted by Gasteiger charge is -2.23. The fourth-order valence-corrected chi connectivity index (χ4v) is 3.66. The summed E-state index contributed by atoms with van der Waals surface area (Å²) in [6.07, 6.45) is -1.53. The molecule has 2 heterocycles. The van der Waals surface area contributed by atoms with Gasteiger partial charge in [0.25, 0.3) is 0 Å². The molecule has 1 aromatic heterocycles. The van der Waals surface area contributed by atoms with Crippen molar-refractivity contribution >= 4 is 16.9 Å². The number of hydrogen-bond donors (Lipinski definition) is 1. The van der Waals surface area contributed by atoms with E-state index in [0.29, 0.717) is 23.9 Å². The van der Waals surface area contributed by atoms with Gasteiger partial charge in [0.05, 0.1) is 18.5 Å². The van der Waals surface area contributed by atoms with Crippen molar-refractivity contribution in [3.63, 3.8) is 0 Å². The predicted molar refractivity (Wildman–Crippen MR) is 93.3 cm³/mol. The lowest BCUT2D eigenvalue weighted by molar-refractivity contribution is -0.164. The third-order valence-corrected chi connectivity index (χ3v) is 5.05. The Morgan fingerprint density at radius 1 is 1.36 bits per heavy atom. The van der Waals surface area contributed by atoms with Crippen LogP contribution in [-0.4, -0.2) is 33.6 Å². The quantitative estimate of drug-likeness (QED) is 0.673. The molecule has 9 heteroatoms. The Labute approximate surface area is 159 Å². The minimum atomic E-state index is -4.52. The molecule has 1 aromatic carbocycles. The van der Waals surface area contributed by atoms with Crippen molar-refractivity contribution in [3.05, 3.63) is 29.7 Å². The summed E-state index contributed by atoms with van der Waals surface area (Å²) < 4.78 is 59.2. The molecule has 0 saturated carbocycles. The predicted octanol–water partition coefficient (Wildman–Crippen LogP) is 4.85. The number of aliphatic carboxylic acids is 1. The largest absolute Gasteiger partial charge is 0.481 e. The topological polar surface area (TPSA) is 64.3 Å². The second-order valence-corrected chi connectivity index (χ2v) is 7.13. The first-order chi connectivity index (χ1) is 13.3. The first kappa shape index (κ1) is 20.6. The highest BCUT2D eigenvalue weighted by molar-refractivity contribution is 5.83. The van der Waals surface area contributed by atoms with Crippen molar-refractivity contribution in [2.24, 2.45) is 5.92 Å². The summed E-state index contributed by atoms with van der Waals surface area (Å²) in [7, 11) is 0. The summed E-state index contributed by atoms with van der Waals surface area (Å²) in [5.41, 5.74) is 1.05. The Balaban J connectivity index is 1.74. The van der Waals surface area contributed by atoms with Gasteiger partial charge in [0.15, 0.2) is 6.23 Å². The molecule has 2 unspecified atom stereocenters. The van der Waals surface area contributed by atoms with Gasteiger partial charge < -0.3 is 9.84 Å². The molecule has 0 spiro atoms. The Bertz CT molecular complexity index is 828. The molecule has 1 aliphatic rings. The number of rotatable bonds is 7. The normalized spacial score (nSPS) is 19.1. The average Bonchev–Trinajstić information content (AvgIpc) is 3.08. The maximum Gasteiger partial charge on any atom is 0.389 e. The average molecular weight is 402 g/mol. The number of aromatic nitrogens is 2. The number of ether oxygens (including phenoxy) is 1. The second kappa shape index (κ2) is 8.46. The molecule has 0 amide bonds. The van der Waals surface area contributed by atoms with Crippen molar-refractivity contribution in [2.45, 2.75) is 57.3 Å². The van der Waals surface area contributed by atoms with Crippen molar-refractivity contribution in [3.8, 4) is 0 Å². The van der Waals surface area contributed by atoms with E-state index in [-0.39, 0.29) is 19.1 Å². The molecule has 1 N–H and O–H groups in total. The number of halogens is 4. The molecule has 1 fully saturated rings. The number of carbonyl (C=O) groups is 1. The second-order valence-electron chi connectivity index (χ2n) is 7.13. The standard InChI is InChI=1S/C19H22F4N2O3/c20-15-8-7-12(4-3-5-13(18(26)27)10-19(21,22)23)14-11-24-25(17(14)15)16-6-1-2-9-28-16/h7-8,11,13,16H,1-6,9-10H2,(H,26,27). The Kier molecular flexibility index (Phi) is 6.22. The summed E-state index contributed by atoms with van der Waals surface area (Å²) in [5.74, 6) is -3.37. The molecule has 28 heavy (non-hydrogen) atoms. The lowest BCUT2D eigenvalue weighted by Crippen LogP contribution is -2.22. The summed E-state index contributed by atoms with van der Waals surface area (Å²) in [6.45, 7) is 0.586. The van der Waals surface area contributed by atoms with Crippen LogP contribution in [0.25, 0.3) is 10.9 Å². The van der Waals surface area contributed by atoms with Crippen molar-refractivity contribution < 1.29 is 32.2 Å². The molecule has 0 bridgehead atoms. The van der Waals surface area contributed by atoms with Gasteiger partial charge in [-0.15, -0.1) is 0 Å². The smallest absolute Gasteiger partial charge is 0.389 e. The van der Waals surface area contributed by atoms with Crippen LogP contribution in [0.1, 0.15) is 50.3 Å². The SMILES string of the molecule is O=C(O)C(CCCc1ccc(F)c2c1cnn2C1CCCCO1)CC(F)(F)F. The van der Waals surface area contributed by atoms with Crippen LogP contribution in [0.4, 0.5) is 17.6 Å². The highest BCUT2D eigenvalue weighted by atomic mass is 19.4. The Morgan fingerprint density at radius 2 is 2.14 bits per heavy atom. The summed E-state index contributed by atoms with van der Waals surface area (Å²) in [4.78, 5) is 11.1. The van der Waals surface area contributed by atoms with Gasteiger partial charge in [-0.1, -0.05) is 6.07 Å². The van der Waals surface area contributed by atoms with Crippen LogP contribution in [-0.2, 0) is 16.0 Å². The maximum absolute atomic E-state index is 14.4. The van der Waals surface area contributed by atoms with E-state index in [0.717, 1.165) is 24.8 Å². The molecule has 0 aliphatic carbocycles. The van der Waals surface area contributed by atoms with E-state index in [4.69, 9.17) is 9.84 Å². The third kappa shape index (κ3) is 4.81. The molecule has 154 valence electrons. The molecule has 2 aromatic rings. The van der Waals surface area contributed by atoms with E-state index in [2.05, 4.69) is 5.10 Å². The van der Waals surface area contributed by atoms with Crippen LogP contribution in [0.5, 0.6) is 0 Å². The fraction of sp³-hybridized carbons (Fsp3) is 0.579. The van der Waals surface area contributed by atoms with Crippen LogP contribution in [0, 0.1) is 11.7 Å². The number of benzene rings is 1. The molecule has 1 aliphatic heterocycles. The molecule has 1 saturated heterocycles. The summed E-state index contributed by atoms with van der Waals surface area (Å²) in [5, 5.41) is 13.9. The van der Waals surface area contributed by atoms with E-state index in [1.165, 1.54) is 16.9 Å². The highest BCUT2D eigenvalue weighted by Crippen LogP contribution is 2.31. The number of carboxylic acids is 1. The monoisotopic (exact) mass is 402 g/mol. The first-order valence-electron chi connectivity index (χ1n) is 9.32. The van der Waals surface area contributed by atoms with Gasteiger partial charge in [-0.25, -0.2) is 9.07 Å². The Hall–Kier alpha value is -2.16. The first-order valence-corrected chi connectivity index (χ1v) is 9.32. The van der Waals surface area contributed by atoms with Gasteiger partial charge >= 0.3 is 12.1 Å². The minimum Gasteiger partial charge on any atom is -0.481 e. The molecular weight excluding hydrogens is 380 g/mol. The third-order valence-electron chi connectivity index (χ3n) is 5.05. The minimum absolute atomic E-state index is 0.104. The number of carboxylic acid groups (broad SMARTS) is 1. The van der Waals surface area contributed by atoms with Crippen LogP contribution in [0.2, 0.25) is 0 Å². The lowest BCUT2D eigenvalue weighted by atomic mass is 9.95. The zero-order valence-corrected chi connectivity index (χ0v) is 15.2. The Morgan fingerprint density at radius 3 is 2.79 bits per heavy atom. The fourth-order valence-electron chi connectivity index (χ4n) is 3.66. The van der Waals surface area contributed by atoms with Gasteiger partial charge in [0, 0.05) is 12.0 Å². The molecular formula is C19H22F4N2O3. The molecule has 3 rings (SSSR count). The molecule has 5 nitrogen and oxygen atoms in total. The van der Waals surface area contributed by atoms with Crippen molar-refractivity contribution in [1.82, 2.24) is 9.78 Å². The van der Waals surface area contributed by atoms with Crippen LogP contribution in [0.3, 0.4) is 0 Å². The zero-order valence-electron chi connectivity index (χ0n) is 15.2. The summed E-state index contributed by atoms with van der Waals surface area (Å²) in [6, 6.07) is 2.88. The van der Waals surface area contributed by atoms with E-state index in [1.54, 1.807) is 6.07 Å². The number of hydrogen-bond acceptors (Lipinski definition) is 3. The maximum atomic E-state index is 14.4. The molecule has 2 atom stereocenters. The molecule has 0 radical (unpaired) electrons. The number of aryl methyl sites for hydroxylation is 1. The van der Waals surface area contributed by atoms with Crippen LogP contribution >= 0.6 is 0 Å². The van der Waals surface area contributed by atoms with Crippen LogP contribution in [0.15, 0.2) is 18.3 Å². The highest BCUT2D eigenvalue weighted by Gasteiger charge is 2.35. The number of fused-ring (bicyclic) bond motifs is 1. The van der Waals surface area contributed by atoms with Crippen LogP contribution < -0.4 is 0 Å². The number of alkyl halides is 3. The van der Waals surface area contributed by atoms with E-state index >= 15 is 0 Å².